The van der Waals surface area contributed by atoms with Crippen molar-refractivity contribution in [3.05, 3.63) is 89.5 Å². The molecule has 0 aliphatic carbocycles. The lowest BCUT2D eigenvalue weighted by Crippen LogP contribution is -2.36. The van der Waals surface area contributed by atoms with Crippen molar-refractivity contribution in [2.45, 2.75) is 0 Å². The molecule has 5 rings (SSSR count). The molecule has 2 aliphatic heterocycles. The summed E-state index contributed by atoms with van der Waals surface area (Å²) in [5.74, 6) is -1.99. The second-order valence-corrected chi connectivity index (χ2v) is 8.31. The van der Waals surface area contributed by atoms with Crippen molar-refractivity contribution in [3.8, 4) is 0 Å². The van der Waals surface area contributed by atoms with E-state index in [2.05, 4.69) is 10.2 Å². The average Bonchev–Trinajstić information content (AvgIpc) is 3.18. The van der Waals surface area contributed by atoms with E-state index in [9.17, 15) is 19.2 Å². The molecule has 1 N–H and O–H groups in total. The van der Waals surface area contributed by atoms with Gasteiger partial charge in [0.25, 0.3) is 17.7 Å². The van der Waals surface area contributed by atoms with Crippen molar-refractivity contribution >= 4 is 40.8 Å². The third-order valence-electron chi connectivity index (χ3n) is 6.02. The van der Waals surface area contributed by atoms with Crippen LogP contribution in [-0.2, 0) is 14.3 Å². The second-order valence-electron chi connectivity index (χ2n) is 8.31. The summed E-state index contributed by atoms with van der Waals surface area (Å²) in [7, 11) is 0. The zero-order valence-corrected chi connectivity index (χ0v) is 19.3. The molecule has 0 atom stereocenters. The summed E-state index contributed by atoms with van der Waals surface area (Å²) in [4.78, 5) is 53.1. The summed E-state index contributed by atoms with van der Waals surface area (Å²) in [6, 6.07) is 19.9. The van der Waals surface area contributed by atoms with Gasteiger partial charge in [0.2, 0.25) is 0 Å². The first kappa shape index (κ1) is 23.3. The minimum Gasteiger partial charge on any atom is -0.452 e. The number of morpholine rings is 1. The number of hydrogen-bond acceptors (Lipinski definition) is 7. The minimum atomic E-state index is -0.693. The number of rotatable bonds is 6. The molecular formula is C27H23N3O6. The second kappa shape index (κ2) is 10.0. The number of nitrogens with one attached hydrogen (secondary N) is 1. The van der Waals surface area contributed by atoms with Gasteiger partial charge in [0.1, 0.15) is 0 Å². The maximum Gasteiger partial charge on any atom is 0.338 e. The molecule has 0 radical (unpaired) electrons. The number of hydrogen-bond donors (Lipinski definition) is 1. The van der Waals surface area contributed by atoms with E-state index in [1.807, 2.05) is 12.1 Å². The predicted molar refractivity (Wildman–Crippen MR) is 132 cm³/mol. The first-order valence-electron chi connectivity index (χ1n) is 11.5. The van der Waals surface area contributed by atoms with Gasteiger partial charge >= 0.3 is 5.97 Å². The monoisotopic (exact) mass is 485 g/mol. The first-order valence-corrected chi connectivity index (χ1v) is 11.5. The van der Waals surface area contributed by atoms with Crippen molar-refractivity contribution in [1.82, 2.24) is 0 Å². The van der Waals surface area contributed by atoms with Crippen LogP contribution in [0.4, 0.5) is 17.1 Å². The van der Waals surface area contributed by atoms with Crippen LogP contribution in [0.15, 0.2) is 72.8 Å². The van der Waals surface area contributed by atoms with Gasteiger partial charge < -0.3 is 19.7 Å². The number of ether oxygens (including phenoxy) is 2. The van der Waals surface area contributed by atoms with Crippen molar-refractivity contribution in [2.24, 2.45) is 0 Å². The Labute approximate surface area is 207 Å². The van der Waals surface area contributed by atoms with E-state index in [0.29, 0.717) is 35.7 Å². The summed E-state index contributed by atoms with van der Waals surface area (Å²) in [6.07, 6.45) is 0. The summed E-state index contributed by atoms with van der Waals surface area (Å²) in [5.41, 5.74) is 2.86. The maximum atomic E-state index is 12.6. The van der Waals surface area contributed by atoms with Crippen molar-refractivity contribution < 1.29 is 28.7 Å². The predicted octanol–water partition coefficient (Wildman–Crippen LogP) is 3.12. The van der Waals surface area contributed by atoms with E-state index in [4.69, 9.17) is 9.47 Å². The highest BCUT2D eigenvalue weighted by atomic mass is 16.5. The van der Waals surface area contributed by atoms with Gasteiger partial charge in [-0.3, -0.25) is 14.4 Å². The Morgan fingerprint density at radius 3 is 2.00 bits per heavy atom. The number of carbonyl (C=O) groups excluding carboxylic acids is 4. The third kappa shape index (κ3) is 4.69. The fourth-order valence-corrected chi connectivity index (χ4v) is 4.16. The number of amides is 3. The molecule has 0 aromatic heterocycles. The lowest BCUT2D eigenvalue weighted by Gasteiger charge is -2.28. The lowest BCUT2D eigenvalue weighted by atomic mass is 10.1. The number of benzene rings is 3. The number of fused-ring (bicyclic) bond motifs is 1. The number of esters is 1. The molecule has 0 bridgehead atoms. The van der Waals surface area contributed by atoms with Gasteiger partial charge in [0, 0.05) is 24.5 Å². The Morgan fingerprint density at radius 1 is 0.806 bits per heavy atom. The fraction of sp³-hybridized carbons (Fsp3) is 0.185. The van der Waals surface area contributed by atoms with E-state index in [1.54, 1.807) is 36.4 Å². The van der Waals surface area contributed by atoms with Crippen LogP contribution >= 0.6 is 0 Å². The van der Waals surface area contributed by atoms with Crippen LogP contribution in [0, 0.1) is 0 Å². The molecule has 0 spiro atoms. The summed E-state index contributed by atoms with van der Waals surface area (Å²) in [5, 5.41) is 2.70. The highest BCUT2D eigenvalue weighted by Crippen LogP contribution is 2.28. The van der Waals surface area contributed by atoms with Crippen LogP contribution in [0.2, 0.25) is 0 Å². The van der Waals surface area contributed by atoms with Gasteiger partial charge in [-0.2, -0.15) is 0 Å². The van der Waals surface area contributed by atoms with E-state index >= 15 is 0 Å². The molecule has 182 valence electrons. The Morgan fingerprint density at radius 2 is 1.39 bits per heavy atom. The molecule has 3 amide bonds. The van der Waals surface area contributed by atoms with E-state index in [0.717, 1.165) is 23.7 Å². The van der Waals surface area contributed by atoms with Crippen molar-refractivity contribution in [1.29, 1.82) is 0 Å². The zero-order chi connectivity index (χ0) is 25.1. The van der Waals surface area contributed by atoms with Gasteiger partial charge in [-0.05, 0) is 60.7 Å². The molecule has 0 unspecified atom stereocenters. The van der Waals surface area contributed by atoms with Crippen LogP contribution in [0.1, 0.15) is 31.1 Å². The van der Waals surface area contributed by atoms with Gasteiger partial charge in [0.15, 0.2) is 6.61 Å². The first-order chi connectivity index (χ1) is 17.5. The normalized spacial score (nSPS) is 15.0. The maximum absolute atomic E-state index is 12.6. The number of anilines is 3. The quantitative estimate of drug-likeness (QED) is 0.423. The smallest absolute Gasteiger partial charge is 0.338 e. The molecule has 36 heavy (non-hydrogen) atoms. The standard InChI is InChI=1S/C27H23N3O6/c31-24(28-19-7-11-20(12-8-19)29-13-15-35-16-14-29)17-36-27(34)18-5-9-21(10-6-18)30-25(32)22-3-1-2-4-23(22)26(30)33/h1-12H,13-17H2,(H,28,31). The largest absolute Gasteiger partial charge is 0.452 e. The van der Waals surface area contributed by atoms with E-state index in [1.165, 1.54) is 24.3 Å². The van der Waals surface area contributed by atoms with E-state index < -0.39 is 30.3 Å². The summed E-state index contributed by atoms with van der Waals surface area (Å²) >= 11 is 0. The molecule has 2 aliphatic rings. The fourth-order valence-electron chi connectivity index (χ4n) is 4.16. The SMILES string of the molecule is O=C(COC(=O)c1ccc(N2C(=O)c3ccccc3C2=O)cc1)Nc1ccc(N2CCOCC2)cc1. The molecule has 9 heteroatoms. The van der Waals surface area contributed by atoms with Crippen LogP contribution in [0.5, 0.6) is 0 Å². The molecule has 0 saturated carbocycles. The Balaban J connectivity index is 1.14. The van der Waals surface area contributed by atoms with Crippen molar-refractivity contribution in [3.63, 3.8) is 0 Å². The molecule has 1 fully saturated rings. The topological polar surface area (TPSA) is 105 Å². The zero-order valence-electron chi connectivity index (χ0n) is 19.3. The number of carbonyl (C=O) groups is 4. The Kier molecular flexibility index (Phi) is 6.46. The van der Waals surface area contributed by atoms with Gasteiger partial charge in [-0.25, -0.2) is 9.69 Å². The summed E-state index contributed by atoms with van der Waals surface area (Å²) in [6.45, 7) is 2.57. The molecule has 2 heterocycles. The van der Waals surface area contributed by atoms with Crippen LogP contribution in [0.3, 0.4) is 0 Å². The van der Waals surface area contributed by atoms with Crippen LogP contribution in [0.25, 0.3) is 0 Å². The average molecular weight is 485 g/mol. The summed E-state index contributed by atoms with van der Waals surface area (Å²) < 4.78 is 10.5. The van der Waals surface area contributed by atoms with Crippen LogP contribution in [-0.4, -0.2) is 56.6 Å². The molecule has 9 nitrogen and oxygen atoms in total. The minimum absolute atomic E-state index is 0.193. The van der Waals surface area contributed by atoms with Crippen LogP contribution < -0.4 is 15.1 Å². The third-order valence-corrected chi connectivity index (χ3v) is 6.02. The van der Waals surface area contributed by atoms with Gasteiger partial charge in [0.05, 0.1) is 35.6 Å². The molecular weight excluding hydrogens is 462 g/mol. The molecule has 1 saturated heterocycles. The van der Waals surface area contributed by atoms with Crippen molar-refractivity contribution in [2.75, 3.05) is 48.0 Å². The lowest BCUT2D eigenvalue weighted by molar-refractivity contribution is -0.119. The van der Waals surface area contributed by atoms with E-state index in [-0.39, 0.29) is 5.56 Å². The Hall–Kier alpha value is -4.50. The number of nitrogens with zero attached hydrogens (tertiary/aromatic N) is 2. The van der Waals surface area contributed by atoms with Gasteiger partial charge in [-0.15, -0.1) is 0 Å². The highest BCUT2D eigenvalue weighted by molar-refractivity contribution is 6.34. The molecule has 3 aromatic rings. The Bertz CT molecular complexity index is 1280. The van der Waals surface area contributed by atoms with Gasteiger partial charge in [-0.1, -0.05) is 12.1 Å². The molecule has 3 aromatic carbocycles. The number of imide groups is 1. The highest BCUT2D eigenvalue weighted by Gasteiger charge is 2.36.